The Balaban J connectivity index is 1.27. The highest BCUT2D eigenvalue weighted by Crippen LogP contribution is 2.45. The maximum Gasteiger partial charge on any atom is 0.264 e. The fraction of sp³-hybridized carbons (Fsp3) is 0.361. The number of amides is 3. The van der Waals surface area contributed by atoms with E-state index in [0.29, 0.717) is 30.0 Å². The first kappa shape index (κ1) is 32.1. The summed E-state index contributed by atoms with van der Waals surface area (Å²) < 4.78 is 0. The number of para-hydroxylation sites is 1. The highest BCUT2D eigenvalue weighted by molar-refractivity contribution is 6.07. The zero-order chi connectivity index (χ0) is 31.8. The predicted molar refractivity (Wildman–Crippen MR) is 174 cm³/mol. The number of benzene rings is 3. The molecule has 3 amide bonds. The molecule has 0 aromatic heterocycles. The van der Waals surface area contributed by atoms with Crippen molar-refractivity contribution in [1.82, 2.24) is 10.2 Å². The number of aliphatic hydroxyl groups excluding tert-OH is 1. The first-order valence-corrected chi connectivity index (χ1v) is 15.6. The van der Waals surface area contributed by atoms with Gasteiger partial charge in [-0.3, -0.25) is 14.4 Å². The van der Waals surface area contributed by atoms with E-state index in [0.717, 1.165) is 30.5 Å². The number of piperidine rings is 1. The summed E-state index contributed by atoms with van der Waals surface area (Å²) >= 11 is 0. The summed E-state index contributed by atoms with van der Waals surface area (Å²) in [6.07, 6.45) is 5.30. The Bertz CT molecular complexity index is 1520. The number of rotatable bonds is 12. The molecule has 0 spiro atoms. The van der Waals surface area contributed by atoms with Crippen molar-refractivity contribution in [3.05, 3.63) is 108 Å². The van der Waals surface area contributed by atoms with Crippen LogP contribution in [0.5, 0.6) is 0 Å². The third kappa shape index (κ3) is 7.33. The normalized spacial score (nSPS) is 20.2. The van der Waals surface area contributed by atoms with Crippen LogP contribution in [0.15, 0.2) is 91.0 Å². The molecule has 4 N–H and O–H groups in total. The average molecular weight is 611 g/mol. The van der Waals surface area contributed by atoms with Crippen LogP contribution < -0.4 is 15.5 Å². The van der Waals surface area contributed by atoms with Crippen LogP contribution in [0.2, 0.25) is 0 Å². The lowest BCUT2D eigenvalue weighted by molar-refractivity contribution is -0.139. The molecule has 2 aliphatic heterocycles. The van der Waals surface area contributed by atoms with E-state index in [9.17, 15) is 24.6 Å². The van der Waals surface area contributed by atoms with Gasteiger partial charge in [-0.15, -0.1) is 0 Å². The lowest BCUT2D eigenvalue weighted by Gasteiger charge is -2.28. The fourth-order valence-electron chi connectivity index (χ4n) is 6.17. The molecule has 9 heteroatoms. The topological polar surface area (TPSA) is 122 Å². The summed E-state index contributed by atoms with van der Waals surface area (Å²) in [7, 11) is 0. The fourth-order valence-corrected chi connectivity index (χ4v) is 6.17. The van der Waals surface area contributed by atoms with Crippen molar-refractivity contribution in [2.75, 3.05) is 36.5 Å². The summed E-state index contributed by atoms with van der Waals surface area (Å²) in [5.41, 5.74) is 1.78. The molecule has 0 bridgehead atoms. The SMILES string of the molecule is C[C@H](/C=C/CC(=O)N(CCO)Cc1ccccc1)[C@@]1(O)C(=O)N(Cc2cccc(NC(=O)C3CCCNC3)c2)c2ccccc21. The Morgan fingerprint density at radius 2 is 1.84 bits per heavy atom. The van der Waals surface area contributed by atoms with Crippen molar-refractivity contribution in [3.8, 4) is 0 Å². The van der Waals surface area contributed by atoms with Crippen molar-refractivity contribution in [3.63, 3.8) is 0 Å². The Morgan fingerprint density at radius 3 is 2.60 bits per heavy atom. The van der Waals surface area contributed by atoms with Gasteiger partial charge in [0.25, 0.3) is 5.91 Å². The van der Waals surface area contributed by atoms with Crippen LogP contribution in [-0.2, 0) is 33.1 Å². The minimum atomic E-state index is -1.81. The largest absolute Gasteiger partial charge is 0.395 e. The van der Waals surface area contributed by atoms with Crippen molar-refractivity contribution < 1.29 is 24.6 Å². The van der Waals surface area contributed by atoms with Crippen LogP contribution >= 0.6 is 0 Å². The highest BCUT2D eigenvalue weighted by Gasteiger charge is 2.52. The van der Waals surface area contributed by atoms with Crippen LogP contribution in [0.1, 0.15) is 42.9 Å². The first-order chi connectivity index (χ1) is 21.8. The molecule has 0 aliphatic carbocycles. The van der Waals surface area contributed by atoms with Crippen LogP contribution in [0.3, 0.4) is 0 Å². The predicted octanol–water partition coefficient (Wildman–Crippen LogP) is 3.96. The number of anilines is 2. The van der Waals surface area contributed by atoms with Crippen LogP contribution in [0.4, 0.5) is 11.4 Å². The maximum absolute atomic E-state index is 14.0. The van der Waals surface area contributed by atoms with E-state index < -0.39 is 17.4 Å². The van der Waals surface area contributed by atoms with Gasteiger partial charge in [0.15, 0.2) is 5.60 Å². The highest BCUT2D eigenvalue weighted by atomic mass is 16.3. The summed E-state index contributed by atoms with van der Waals surface area (Å²) in [5, 5.41) is 27.8. The molecule has 236 valence electrons. The average Bonchev–Trinajstić information content (AvgIpc) is 3.28. The molecule has 2 heterocycles. The number of aliphatic hydroxyl groups is 2. The molecule has 1 fully saturated rings. The minimum absolute atomic E-state index is 0.0186. The van der Waals surface area contributed by atoms with Gasteiger partial charge in [0.1, 0.15) is 0 Å². The number of carbonyl (C=O) groups is 3. The van der Waals surface area contributed by atoms with Crippen LogP contribution in [-0.4, -0.2) is 59.1 Å². The molecule has 3 atom stereocenters. The van der Waals surface area contributed by atoms with E-state index >= 15 is 0 Å². The second-order valence-corrected chi connectivity index (χ2v) is 11.9. The van der Waals surface area contributed by atoms with E-state index in [2.05, 4.69) is 10.6 Å². The molecule has 5 rings (SSSR count). The Labute approximate surface area is 264 Å². The Morgan fingerprint density at radius 1 is 1.09 bits per heavy atom. The molecule has 1 unspecified atom stereocenters. The summed E-state index contributed by atoms with van der Waals surface area (Å²) in [6, 6.07) is 24.3. The van der Waals surface area contributed by atoms with E-state index in [1.165, 1.54) is 0 Å². The van der Waals surface area contributed by atoms with Gasteiger partial charge in [-0.1, -0.05) is 79.7 Å². The van der Waals surface area contributed by atoms with Gasteiger partial charge < -0.3 is 30.6 Å². The van der Waals surface area contributed by atoms with Gasteiger partial charge in [-0.25, -0.2) is 0 Å². The first-order valence-electron chi connectivity index (χ1n) is 15.6. The maximum atomic E-state index is 14.0. The second-order valence-electron chi connectivity index (χ2n) is 11.9. The van der Waals surface area contributed by atoms with Gasteiger partial charge in [-0.2, -0.15) is 0 Å². The van der Waals surface area contributed by atoms with Crippen molar-refractivity contribution in [2.24, 2.45) is 11.8 Å². The quantitative estimate of drug-likeness (QED) is 0.230. The molecule has 3 aromatic rings. The molecule has 3 aromatic carbocycles. The zero-order valence-corrected chi connectivity index (χ0v) is 25.7. The van der Waals surface area contributed by atoms with Gasteiger partial charge in [0.2, 0.25) is 11.8 Å². The van der Waals surface area contributed by atoms with Crippen LogP contribution in [0.25, 0.3) is 0 Å². The number of hydrogen-bond donors (Lipinski definition) is 4. The number of hydrogen-bond acceptors (Lipinski definition) is 6. The number of fused-ring (bicyclic) bond motifs is 1. The molecule has 1 saturated heterocycles. The Hall–Kier alpha value is -4.31. The second kappa shape index (κ2) is 14.6. The smallest absolute Gasteiger partial charge is 0.264 e. The van der Waals surface area contributed by atoms with E-state index in [4.69, 9.17) is 0 Å². The number of nitrogens with zero attached hydrogens (tertiary/aromatic N) is 2. The monoisotopic (exact) mass is 610 g/mol. The number of nitrogens with one attached hydrogen (secondary N) is 2. The van der Waals surface area contributed by atoms with Gasteiger partial charge >= 0.3 is 0 Å². The molecular formula is C36H42N4O5. The van der Waals surface area contributed by atoms with E-state index in [-0.39, 0.29) is 43.8 Å². The molecule has 0 saturated carbocycles. The third-order valence-electron chi connectivity index (χ3n) is 8.69. The van der Waals surface area contributed by atoms with Crippen molar-refractivity contribution in [1.29, 1.82) is 0 Å². The van der Waals surface area contributed by atoms with Crippen LogP contribution in [0, 0.1) is 11.8 Å². The molecule has 9 nitrogen and oxygen atoms in total. The molecule has 0 radical (unpaired) electrons. The zero-order valence-electron chi connectivity index (χ0n) is 25.7. The Kier molecular flexibility index (Phi) is 10.4. The van der Waals surface area contributed by atoms with Crippen molar-refractivity contribution >= 4 is 29.1 Å². The summed E-state index contributed by atoms with van der Waals surface area (Å²) in [6.45, 7) is 4.04. The standard InChI is InChI=1S/C36H42N4O5/c1-26(10-7-18-33(42)39(20-21-41)24-27-11-3-2-4-12-27)36(45)31-16-5-6-17-32(31)40(35(36)44)25-28-13-8-15-30(22-28)38-34(43)29-14-9-19-37-23-29/h2-8,10-13,15-17,22,26,29,37,41,45H,9,14,18-21,23-25H2,1H3,(H,38,43)/b10-7+/t26-,29?,36+/m1/s1. The van der Waals surface area contributed by atoms with Gasteiger partial charge in [0, 0.05) is 43.2 Å². The molecular weight excluding hydrogens is 568 g/mol. The van der Waals surface area contributed by atoms with Gasteiger partial charge in [-0.05, 0) is 48.7 Å². The van der Waals surface area contributed by atoms with E-state index in [1.807, 2.05) is 66.7 Å². The summed E-state index contributed by atoms with van der Waals surface area (Å²) in [5.74, 6) is -1.32. The van der Waals surface area contributed by atoms with Gasteiger partial charge in [0.05, 0.1) is 24.8 Å². The van der Waals surface area contributed by atoms with E-state index in [1.54, 1.807) is 41.0 Å². The lowest BCUT2D eigenvalue weighted by Crippen LogP contribution is -2.44. The molecule has 45 heavy (non-hydrogen) atoms. The van der Waals surface area contributed by atoms with Crippen molar-refractivity contribution in [2.45, 2.75) is 44.9 Å². The summed E-state index contributed by atoms with van der Waals surface area (Å²) in [4.78, 5) is 42.9. The third-order valence-corrected chi connectivity index (χ3v) is 8.69. The lowest BCUT2D eigenvalue weighted by atomic mass is 9.83. The molecule has 2 aliphatic rings. The minimum Gasteiger partial charge on any atom is -0.395 e. The number of carbonyl (C=O) groups excluding carboxylic acids is 3.